The number of fused-ring (bicyclic) bond motifs is 5. The maximum absolute atomic E-state index is 14.7. The molecule has 1 saturated carbocycles. The molecule has 5 aliphatic heterocycles. The number of esters is 1. The second-order valence-corrected chi connectivity index (χ2v) is 35.9. The van der Waals surface area contributed by atoms with Crippen LogP contribution < -0.4 is 47.9 Å². The number of oxazole rings is 1. The first-order valence-corrected chi connectivity index (χ1v) is 46.5. The third-order valence-electron chi connectivity index (χ3n) is 26.2. The number of alkyl carbamates (subject to hydrolysis) is 1. The maximum atomic E-state index is 14.7. The van der Waals surface area contributed by atoms with E-state index in [-0.39, 0.29) is 99.6 Å². The number of carbonyl (C=O) groups excluding carboxylic acids is 9. The standard InChI is InChI=1S/C94H126N22O19/c1-55-16-10-9-11-17-56(2)73(129-7)45-66-22-19-60(6)94(128,135-66)82(122)88(125)115-28-14-12-18-69(115)89(126)132-74(46-70(117)57(3)41-59(5)80(120)81(121)79(119)58(4)40-55)67(95)42-61-20-23-72(75(43-61)130-8)134-93(127)106-49-62-47-102-91(103-48-62)113-34-30-111(31-35-113)65-52-100-84(101-53-65)87(124)99-27-39-131-38-25-76(118)112-32-36-114(37-33-112)92-104-50-64(51-105-92)86(123)98-26-13-15-29-116-85-77(83(96)107-54-108-85)78(110-116)63-21-24-71-68(44-63)109-90(97)133-71/h9-11,16-17,21,24,41,44,47-48,50-55,57-58,60-61,66-67,69,72-75,80-81,120-121,128H,12-15,18-20,22-23,25-40,42-43,45-46,49,95H2,1-8H3,(H2,97,109)(H,98,123)(H,99,124)(H,106,127)(H2,96,107,108)/b11-9?,16-10+,56-17?,59-41+/t55-,57-,58-,60-,61+,66+,67-,69+,72-,73+,74+,75-,80-,81+,94-/m1/s1. The Morgan fingerprint density at radius 1 is 0.704 bits per heavy atom. The summed E-state index contributed by atoms with van der Waals surface area (Å²) >= 11 is 0. The quantitative estimate of drug-likeness (QED) is 0.0144. The second-order valence-electron chi connectivity index (χ2n) is 35.9. The number of aromatic nitrogens is 11. The number of piperidine rings is 1. The molecule has 6 aromatic heterocycles. The minimum atomic E-state index is -2.52. The Morgan fingerprint density at radius 2 is 1.41 bits per heavy atom. The van der Waals surface area contributed by atoms with Crippen molar-refractivity contribution in [3.63, 3.8) is 0 Å². The van der Waals surface area contributed by atoms with Gasteiger partial charge in [0.15, 0.2) is 17.0 Å². The van der Waals surface area contributed by atoms with Crippen molar-refractivity contribution < 1.29 is 91.3 Å². The zero-order valence-electron chi connectivity index (χ0n) is 77.8. The molecule has 7 aromatic rings. The number of carbonyl (C=O) groups is 9. The van der Waals surface area contributed by atoms with Crippen LogP contribution >= 0.6 is 0 Å². The van der Waals surface area contributed by atoms with Gasteiger partial charge >= 0.3 is 12.1 Å². The van der Waals surface area contributed by atoms with E-state index in [9.17, 15) is 58.5 Å². The lowest BCUT2D eigenvalue weighted by atomic mass is 9.80. The Kier molecular flexibility index (Phi) is 34.7. The van der Waals surface area contributed by atoms with E-state index < -0.39 is 126 Å². The number of rotatable bonds is 25. The Bertz CT molecular complexity index is 5410. The van der Waals surface area contributed by atoms with Gasteiger partial charge in [-0.3, -0.25) is 33.6 Å². The minimum absolute atomic E-state index is 0.0102. The molecular weight excluding hydrogens is 1740 g/mol. The number of Topliss-reactive ketones (excluding diaryl/α,β-unsaturated/α-hetero) is 3. The van der Waals surface area contributed by atoms with Gasteiger partial charge in [0.1, 0.15) is 59.6 Å². The van der Waals surface area contributed by atoms with Crippen molar-refractivity contribution in [2.75, 3.05) is 126 Å². The van der Waals surface area contributed by atoms with E-state index in [0.717, 1.165) is 21.7 Å². The molecule has 6 aliphatic rings. The molecule has 41 heteroatoms. The highest BCUT2D eigenvalue weighted by molar-refractivity contribution is 6.39. The number of hydrogen-bond donors (Lipinski definition) is 9. The Hall–Kier alpha value is -12.3. The second kappa shape index (κ2) is 46.8. The van der Waals surface area contributed by atoms with Gasteiger partial charge in [-0.15, -0.1) is 0 Å². The first-order valence-electron chi connectivity index (χ1n) is 46.5. The molecule has 5 amide bonds. The Labute approximate surface area is 782 Å². The number of aryl methyl sites for hydroxylation is 1. The summed E-state index contributed by atoms with van der Waals surface area (Å²) in [5, 5.41) is 48.7. The number of ether oxygens (including phenoxy) is 6. The van der Waals surface area contributed by atoms with E-state index in [4.69, 9.17) is 55.1 Å². The van der Waals surface area contributed by atoms with Crippen molar-refractivity contribution in [2.45, 2.75) is 212 Å². The molecular formula is C94H126N22O19. The van der Waals surface area contributed by atoms with Crippen LogP contribution in [0, 0.1) is 29.6 Å². The van der Waals surface area contributed by atoms with Crippen LogP contribution in [-0.2, 0) is 70.3 Å². The van der Waals surface area contributed by atoms with Crippen molar-refractivity contribution in [1.82, 2.24) is 80.4 Å². The first-order chi connectivity index (χ1) is 64.9. The number of ketones is 3. The lowest BCUT2D eigenvalue weighted by molar-refractivity contribution is -0.265. The number of nitrogens with zero attached hydrogens (tertiary/aromatic N) is 16. The zero-order valence-corrected chi connectivity index (χ0v) is 77.8. The molecule has 15 atom stereocenters. The van der Waals surface area contributed by atoms with E-state index in [2.05, 4.69) is 65.7 Å². The summed E-state index contributed by atoms with van der Waals surface area (Å²) < 4.78 is 43.1. The number of amides is 5. The summed E-state index contributed by atoms with van der Waals surface area (Å²) in [5.41, 5.74) is 24.9. The molecule has 0 radical (unpaired) electrons. The van der Waals surface area contributed by atoms with Crippen LogP contribution in [0.25, 0.3) is 33.4 Å². The molecule has 41 nitrogen and oxygen atoms in total. The molecule has 0 unspecified atom stereocenters. The van der Waals surface area contributed by atoms with E-state index in [1.165, 1.54) is 38.8 Å². The van der Waals surface area contributed by atoms with Crippen molar-refractivity contribution >= 4 is 105 Å². The van der Waals surface area contributed by atoms with Gasteiger partial charge in [0.25, 0.3) is 29.5 Å². The van der Waals surface area contributed by atoms with Crippen LogP contribution in [0.15, 0.2) is 114 Å². The molecule has 0 spiro atoms. The highest BCUT2D eigenvalue weighted by atomic mass is 16.6. The highest BCUT2D eigenvalue weighted by Crippen LogP contribution is 2.39. The van der Waals surface area contributed by atoms with Crippen molar-refractivity contribution in [3.05, 3.63) is 126 Å². The van der Waals surface area contributed by atoms with Crippen molar-refractivity contribution in [1.29, 1.82) is 0 Å². The smallest absolute Gasteiger partial charge is 0.407 e. The number of nitrogens with two attached hydrogens (primary N) is 3. The number of unbranched alkanes of at least 4 members (excludes halogenated alkanes) is 1. The van der Waals surface area contributed by atoms with E-state index in [0.29, 0.717) is 186 Å². The summed E-state index contributed by atoms with van der Waals surface area (Å²) in [5.74, 6) is -9.06. The predicted molar refractivity (Wildman–Crippen MR) is 496 cm³/mol. The predicted octanol–water partition coefficient (Wildman–Crippen LogP) is 5.66. The van der Waals surface area contributed by atoms with Crippen LogP contribution in [0.1, 0.15) is 164 Å². The van der Waals surface area contributed by atoms with Crippen LogP contribution in [0.4, 0.5) is 34.2 Å². The Balaban J connectivity index is 0.510. The van der Waals surface area contributed by atoms with Crippen molar-refractivity contribution in [2.24, 2.45) is 35.3 Å². The normalized spacial score (nSPS) is 26.2. The number of hydrogen-bond acceptors (Lipinski definition) is 35. The molecule has 11 heterocycles. The molecule has 5 fully saturated rings. The van der Waals surface area contributed by atoms with Crippen LogP contribution in [0.2, 0.25) is 0 Å². The van der Waals surface area contributed by atoms with Gasteiger partial charge in [-0.1, -0.05) is 64.2 Å². The molecule has 2 bridgehead atoms. The number of aliphatic hydroxyl groups excluding tert-OH is 2. The lowest BCUT2D eigenvalue weighted by Crippen LogP contribution is -2.61. The number of anilines is 5. The van der Waals surface area contributed by atoms with Gasteiger partial charge < -0.3 is 106 Å². The fraction of sp³-hybridized carbons (Fsp3) is 0.564. The Morgan fingerprint density at radius 3 is 2.14 bits per heavy atom. The van der Waals surface area contributed by atoms with Crippen LogP contribution in [0.5, 0.6) is 0 Å². The maximum Gasteiger partial charge on any atom is 0.407 e. The third-order valence-corrected chi connectivity index (χ3v) is 26.2. The molecule has 1 aromatic carbocycles. The monoisotopic (exact) mass is 1870 g/mol. The lowest BCUT2D eigenvalue weighted by Gasteiger charge is -2.42. The van der Waals surface area contributed by atoms with Crippen LogP contribution in [0.3, 0.4) is 0 Å². The fourth-order valence-corrected chi connectivity index (χ4v) is 18.2. The third kappa shape index (κ3) is 25.7. The van der Waals surface area contributed by atoms with Gasteiger partial charge in [-0.05, 0) is 132 Å². The van der Waals surface area contributed by atoms with Gasteiger partial charge in [0.2, 0.25) is 29.4 Å². The van der Waals surface area contributed by atoms with E-state index >= 15 is 0 Å². The summed E-state index contributed by atoms with van der Waals surface area (Å²) in [7, 11) is 3.05. The van der Waals surface area contributed by atoms with Gasteiger partial charge in [-0.25, -0.2) is 54.1 Å². The zero-order chi connectivity index (χ0) is 96.1. The van der Waals surface area contributed by atoms with Crippen LogP contribution in [-0.4, -0.2) is 293 Å². The van der Waals surface area contributed by atoms with Gasteiger partial charge in [0, 0.05) is 172 Å². The largest absolute Gasteiger partial charge is 0.459 e. The number of piperazine rings is 2. The number of methoxy groups -OCH3 is 2. The molecule has 726 valence electrons. The number of nitrogens with one attached hydrogen (secondary N) is 3. The van der Waals surface area contributed by atoms with Gasteiger partial charge in [-0.2, -0.15) is 10.1 Å². The molecule has 1 aliphatic carbocycles. The van der Waals surface area contributed by atoms with Gasteiger partial charge in [0.05, 0.1) is 67.0 Å². The summed E-state index contributed by atoms with van der Waals surface area (Å²) in [6, 6.07) is 3.22. The first kappa shape index (κ1) is 100. The fourth-order valence-electron chi connectivity index (χ4n) is 18.2. The molecule has 135 heavy (non-hydrogen) atoms. The average molecular weight is 1870 g/mol. The summed E-state index contributed by atoms with van der Waals surface area (Å²) in [4.78, 5) is 173. The number of aliphatic hydroxyl groups is 3. The number of benzene rings is 1. The van der Waals surface area contributed by atoms with E-state index in [1.54, 1.807) is 68.3 Å². The average Bonchev–Trinajstić information content (AvgIpc) is 1.76. The van der Waals surface area contributed by atoms with Crippen molar-refractivity contribution in [3.8, 4) is 11.3 Å². The molecule has 13 rings (SSSR count). The SMILES string of the molecule is CO[C@H]1C[C@@H]2CC[C@@H](C)[C@@](O)(O2)C(=O)C(=O)N2CCCC[C@H]2C(=O)O[C@H]([C@H](N)C[C@@H]2CC[C@@H](OC(=O)NCc3cnc(N4CCN(c5cnc(C(=O)NCCOCCC(=O)N6CCN(c7ncc(C(=O)NCCCCn8nc(-c9ccc%10oc(N)nc%10c9)c9c(N)ncnc98)cn7)CC6)nc5)CC4)nc3)[C@H](OC)C2)CC(=O)[C@H](C)/C=C(\C)[C@@H](O)[C@@H](O)C(=O)[C@H](C)C[C@H](C)/C=C/C=CC=C1C. The topological polar surface area (TPSA) is 547 Å². The summed E-state index contributed by atoms with van der Waals surface area (Å²) in [6.07, 6.45) is 18.7. The number of nitrogen functional groups attached to an aromatic ring is 2. The summed E-state index contributed by atoms with van der Waals surface area (Å²) in [6.45, 7) is 15.9. The highest BCUT2D eigenvalue weighted by Gasteiger charge is 2.53. The molecule has 12 N–H and O–H groups in total. The number of cyclic esters (lactones) is 1. The number of allylic oxidation sites excluding steroid dienone is 6. The van der Waals surface area contributed by atoms with E-state index in [1.807, 2.05) is 66.2 Å². The minimum Gasteiger partial charge on any atom is -0.459 e. The molecule has 4 saturated heterocycles.